The minimum Gasteiger partial charge on any atom is -0.198 e. The summed E-state index contributed by atoms with van der Waals surface area (Å²) in [6.45, 7) is 0. The second-order valence-electron chi connectivity index (χ2n) is 2.81. The van der Waals surface area contributed by atoms with Crippen LogP contribution in [0.25, 0.3) is 0 Å². The average molecular weight is 303 g/mol. The number of hydrogen-bond donors (Lipinski definition) is 0. The molecule has 13 heavy (non-hydrogen) atoms. The topological polar surface area (TPSA) is 23.8 Å². The second-order valence-corrected chi connectivity index (χ2v) is 4.37. The summed E-state index contributed by atoms with van der Waals surface area (Å²) in [4.78, 5) is 0. The van der Waals surface area contributed by atoms with E-state index < -0.39 is 0 Å². The molecule has 1 aromatic rings. The molecule has 0 saturated heterocycles. The first-order chi connectivity index (χ1) is 6.26. The summed E-state index contributed by atoms with van der Waals surface area (Å²) in [5.41, 5.74) is 1.20. The maximum atomic E-state index is 8.75. The van der Waals surface area contributed by atoms with E-state index >= 15 is 0 Å². The highest BCUT2D eigenvalue weighted by atomic mass is 79.9. The van der Waals surface area contributed by atoms with Gasteiger partial charge in [0.15, 0.2) is 0 Å². The van der Waals surface area contributed by atoms with Crippen LogP contribution in [0, 0.1) is 17.2 Å². The second kappa shape index (κ2) is 5.41. The van der Waals surface area contributed by atoms with Gasteiger partial charge in [0.05, 0.1) is 12.0 Å². The van der Waals surface area contributed by atoms with E-state index in [1.807, 2.05) is 24.3 Å². The van der Waals surface area contributed by atoms with E-state index in [1.165, 1.54) is 5.56 Å². The third kappa shape index (κ3) is 3.50. The molecule has 0 bridgehead atoms. The van der Waals surface area contributed by atoms with Crippen molar-refractivity contribution in [3.05, 3.63) is 34.3 Å². The number of benzene rings is 1. The molecule has 1 rings (SSSR count). The zero-order valence-electron chi connectivity index (χ0n) is 7.00. The van der Waals surface area contributed by atoms with Crippen LogP contribution >= 0.6 is 31.9 Å². The van der Waals surface area contributed by atoms with E-state index in [9.17, 15) is 0 Å². The van der Waals surface area contributed by atoms with Crippen molar-refractivity contribution in [3.63, 3.8) is 0 Å². The Kier molecular flexibility index (Phi) is 4.47. The van der Waals surface area contributed by atoms with Crippen LogP contribution in [0.3, 0.4) is 0 Å². The smallest absolute Gasteiger partial charge is 0.0668 e. The lowest BCUT2D eigenvalue weighted by atomic mass is 10.0. The fraction of sp³-hybridized carbons (Fsp3) is 0.300. The van der Waals surface area contributed by atoms with E-state index in [4.69, 9.17) is 5.26 Å². The number of alkyl halides is 1. The van der Waals surface area contributed by atoms with Gasteiger partial charge in [-0.1, -0.05) is 44.0 Å². The van der Waals surface area contributed by atoms with Crippen LogP contribution in [0.1, 0.15) is 5.56 Å². The van der Waals surface area contributed by atoms with Gasteiger partial charge in [-0.05, 0) is 24.1 Å². The molecule has 1 atom stereocenters. The Morgan fingerprint density at radius 1 is 1.31 bits per heavy atom. The molecular weight excluding hydrogens is 294 g/mol. The van der Waals surface area contributed by atoms with Crippen molar-refractivity contribution in [1.29, 1.82) is 5.26 Å². The van der Waals surface area contributed by atoms with Crippen molar-refractivity contribution >= 4 is 31.9 Å². The minimum atomic E-state index is 0.0705. The first-order valence-electron chi connectivity index (χ1n) is 3.96. The molecule has 0 aromatic heterocycles. The number of rotatable bonds is 3. The van der Waals surface area contributed by atoms with E-state index in [0.717, 1.165) is 16.2 Å². The third-order valence-electron chi connectivity index (χ3n) is 1.76. The van der Waals surface area contributed by atoms with Gasteiger partial charge in [-0.25, -0.2) is 0 Å². The first-order valence-corrected chi connectivity index (χ1v) is 5.87. The Morgan fingerprint density at radius 3 is 2.38 bits per heavy atom. The Bertz CT molecular complexity index is 300. The van der Waals surface area contributed by atoms with Gasteiger partial charge in [0.25, 0.3) is 0 Å². The zero-order chi connectivity index (χ0) is 9.68. The summed E-state index contributed by atoms with van der Waals surface area (Å²) in [7, 11) is 0. The Morgan fingerprint density at radius 2 is 1.92 bits per heavy atom. The van der Waals surface area contributed by atoms with Crippen molar-refractivity contribution < 1.29 is 0 Å². The highest BCUT2D eigenvalue weighted by Crippen LogP contribution is 2.14. The quantitative estimate of drug-likeness (QED) is 0.784. The summed E-state index contributed by atoms with van der Waals surface area (Å²) >= 11 is 6.69. The van der Waals surface area contributed by atoms with Gasteiger partial charge in [-0.15, -0.1) is 0 Å². The standard InChI is InChI=1S/C10H9Br2N/c11-6-9(7-13)5-8-1-3-10(12)4-2-8/h1-4,9H,5-6H2. The van der Waals surface area contributed by atoms with Crippen LogP contribution in [-0.4, -0.2) is 5.33 Å². The molecule has 1 unspecified atom stereocenters. The molecule has 0 heterocycles. The van der Waals surface area contributed by atoms with E-state index in [-0.39, 0.29) is 5.92 Å². The van der Waals surface area contributed by atoms with Crippen molar-refractivity contribution in [3.8, 4) is 6.07 Å². The van der Waals surface area contributed by atoms with Gasteiger partial charge in [-0.3, -0.25) is 0 Å². The average Bonchev–Trinajstić information content (AvgIpc) is 2.17. The molecule has 0 amide bonds. The summed E-state index contributed by atoms with van der Waals surface area (Å²) in [6.07, 6.45) is 0.815. The van der Waals surface area contributed by atoms with Gasteiger partial charge in [0.2, 0.25) is 0 Å². The normalized spacial score (nSPS) is 12.1. The van der Waals surface area contributed by atoms with E-state index in [1.54, 1.807) is 0 Å². The number of halogens is 2. The highest BCUT2D eigenvalue weighted by Gasteiger charge is 2.05. The zero-order valence-corrected chi connectivity index (χ0v) is 10.2. The molecule has 68 valence electrons. The summed E-state index contributed by atoms with van der Waals surface area (Å²) in [6, 6.07) is 10.3. The maximum Gasteiger partial charge on any atom is 0.0668 e. The molecule has 0 saturated carbocycles. The predicted octanol–water partition coefficient (Wildman–Crippen LogP) is 3.53. The number of nitriles is 1. The van der Waals surface area contributed by atoms with Gasteiger partial charge in [-0.2, -0.15) is 5.26 Å². The lowest BCUT2D eigenvalue weighted by Gasteiger charge is -2.04. The maximum absolute atomic E-state index is 8.75. The van der Waals surface area contributed by atoms with Gasteiger partial charge < -0.3 is 0 Å². The molecular formula is C10H9Br2N. The molecule has 0 radical (unpaired) electrons. The van der Waals surface area contributed by atoms with Crippen molar-refractivity contribution in [1.82, 2.24) is 0 Å². The van der Waals surface area contributed by atoms with Crippen LogP contribution in [0.2, 0.25) is 0 Å². The SMILES string of the molecule is N#CC(CBr)Cc1ccc(Br)cc1. The fourth-order valence-corrected chi connectivity index (χ4v) is 1.68. The largest absolute Gasteiger partial charge is 0.198 e. The lowest BCUT2D eigenvalue weighted by molar-refractivity contribution is 0.756. The van der Waals surface area contributed by atoms with Crippen LogP contribution in [0.4, 0.5) is 0 Å². The van der Waals surface area contributed by atoms with Crippen molar-refractivity contribution in [2.75, 3.05) is 5.33 Å². The molecule has 0 N–H and O–H groups in total. The van der Waals surface area contributed by atoms with Crippen LogP contribution in [0.5, 0.6) is 0 Å². The Hall–Kier alpha value is -0.330. The summed E-state index contributed by atoms with van der Waals surface area (Å²) < 4.78 is 1.07. The van der Waals surface area contributed by atoms with Crippen molar-refractivity contribution in [2.24, 2.45) is 5.92 Å². The molecule has 0 aliphatic rings. The fourth-order valence-electron chi connectivity index (χ4n) is 1.04. The molecule has 3 heteroatoms. The third-order valence-corrected chi connectivity index (χ3v) is 3.07. The minimum absolute atomic E-state index is 0.0705. The molecule has 0 aliphatic carbocycles. The lowest BCUT2D eigenvalue weighted by Crippen LogP contribution is -2.02. The van der Waals surface area contributed by atoms with Crippen LogP contribution in [-0.2, 0) is 6.42 Å². The van der Waals surface area contributed by atoms with Crippen LogP contribution in [0.15, 0.2) is 28.7 Å². The summed E-state index contributed by atoms with van der Waals surface area (Å²) in [5, 5.41) is 9.49. The molecule has 0 spiro atoms. The number of nitrogens with zero attached hydrogens (tertiary/aromatic N) is 1. The highest BCUT2D eigenvalue weighted by molar-refractivity contribution is 9.10. The van der Waals surface area contributed by atoms with Gasteiger partial charge >= 0.3 is 0 Å². The Labute approximate surface area is 95.0 Å². The van der Waals surface area contributed by atoms with Crippen molar-refractivity contribution in [2.45, 2.75) is 6.42 Å². The summed E-state index contributed by atoms with van der Waals surface area (Å²) in [5.74, 6) is 0.0705. The molecule has 0 fully saturated rings. The molecule has 1 nitrogen and oxygen atoms in total. The number of hydrogen-bond acceptors (Lipinski definition) is 1. The predicted molar refractivity (Wildman–Crippen MR) is 60.7 cm³/mol. The van der Waals surface area contributed by atoms with Gasteiger partial charge in [0.1, 0.15) is 0 Å². The molecule has 1 aromatic carbocycles. The Balaban J connectivity index is 2.64. The van der Waals surface area contributed by atoms with E-state index in [2.05, 4.69) is 37.9 Å². The van der Waals surface area contributed by atoms with Crippen LogP contribution < -0.4 is 0 Å². The van der Waals surface area contributed by atoms with E-state index in [0.29, 0.717) is 0 Å². The molecule has 0 aliphatic heterocycles. The first kappa shape index (κ1) is 10.7. The monoisotopic (exact) mass is 301 g/mol. The van der Waals surface area contributed by atoms with Gasteiger partial charge in [0, 0.05) is 9.80 Å².